The topological polar surface area (TPSA) is 12.0 Å². The van der Waals surface area contributed by atoms with E-state index in [1.54, 1.807) is 6.07 Å². The van der Waals surface area contributed by atoms with Crippen molar-refractivity contribution >= 4 is 28.9 Å². The van der Waals surface area contributed by atoms with E-state index in [1.165, 1.54) is 12.1 Å². The molecule has 0 bridgehead atoms. The number of rotatable bonds is 1. The van der Waals surface area contributed by atoms with E-state index in [4.69, 9.17) is 23.2 Å². The predicted octanol–water partition coefficient (Wildman–Crippen LogP) is 5.96. The standard InChI is InChI=1S/C18H14Cl2FN/c19-11-8-15-13-2-1-3-14(13)17(22-18(15)16(20)9-11)10-4-6-12(21)7-5-10/h1-2,4-9,13-14,17,22H,3H2/t13-,14-,17+/m0/s1. The molecular formula is C18H14Cl2FN. The van der Waals surface area contributed by atoms with E-state index in [1.807, 2.05) is 18.2 Å². The zero-order chi connectivity index (χ0) is 15.3. The molecule has 4 rings (SSSR count). The van der Waals surface area contributed by atoms with Crippen molar-refractivity contribution in [2.45, 2.75) is 18.4 Å². The minimum Gasteiger partial charge on any atom is -0.376 e. The third-order valence-electron chi connectivity index (χ3n) is 4.61. The van der Waals surface area contributed by atoms with Gasteiger partial charge in [-0.05, 0) is 47.7 Å². The highest BCUT2D eigenvalue weighted by Gasteiger charge is 2.38. The molecule has 1 heterocycles. The maximum atomic E-state index is 13.2. The average Bonchev–Trinajstić information content (AvgIpc) is 2.97. The van der Waals surface area contributed by atoms with E-state index in [-0.39, 0.29) is 11.9 Å². The Bertz CT molecular complexity index is 754. The molecule has 22 heavy (non-hydrogen) atoms. The summed E-state index contributed by atoms with van der Waals surface area (Å²) in [6.07, 6.45) is 5.42. The van der Waals surface area contributed by atoms with Crippen LogP contribution in [0.25, 0.3) is 0 Å². The molecule has 4 heteroatoms. The summed E-state index contributed by atoms with van der Waals surface area (Å²) in [7, 11) is 0. The van der Waals surface area contributed by atoms with Crippen molar-refractivity contribution in [3.05, 3.63) is 75.5 Å². The number of halogens is 3. The molecule has 2 aromatic carbocycles. The Morgan fingerprint density at radius 1 is 1.09 bits per heavy atom. The van der Waals surface area contributed by atoms with Gasteiger partial charge in [-0.15, -0.1) is 0 Å². The van der Waals surface area contributed by atoms with Crippen LogP contribution >= 0.6 is 23.2 Å². The molecule has 0 spiro atoms. The van der Waals surface area contributed by atoms with Gasteiger partial charge in [0.05, 0.1) is 16.8 Å². The smallest absolute Gasteiger partial charge is 0.123 e. The van der Waals surface area contributed by atoms with Crippen molar-refractivity contribution < 1.29 is 4.39 Å². The molecule has 0 amide bonds. The fourth-order valence-corrected chi connectivity index (χ4v) is 4.18. The van der Waals surface area contributed by atoms with Gasteiger partial charge < -0.3 is 5.32 Å². The van der Waals surface area contributed by atoms with Gasteiger partial charge in [0.1, 0.15) is 5.82 Å². The quantitative estimate of drug-likeness (QED) is 0.635. The van der Waals surface area contributed by atoms with Gasteiger partial charge in [-0.3, -0.25) is 0 Å². The van der Waals surface area contributed by atoms with Gasteiger partial charge in [-0.1, -0.05) is 47.5 Å². The fraction of sp³-hybridized carbons (Fsp3) is 0.222. The first kappa shape index (κ1) is 14.1. The van der Waals surface area contributed by atoms with Crippen molar-refractivity contribution in [3.8, 4) is 0 Å². The summed E-state index contributed by atoms with van der Waals surface area (Å²) in [5, 5.41) is 4.84. The maximum Gasteiger partial charge on any atom is 0.123 e. The number of nitrogens with one attached hydrogen (secondary N) is 1. The zero-order valence-electron chi connectivity index (χ0n) is 11.7. The van der Waals surface area contributed by atoms with Gasteiger partial charge >= 0.3 is 0 Å². The zero-order valence-corrected chi connectivity index (χ0v) is 13.2. The van der Waals surface area contributed by atoms with E-state index < -0.39 is 0 Å². The van der Waals surface area contributed by atoms with Gasteiger partial charge in [0.15, 0.2) is 0 Å². The van der Waals surface area contributed by atoms with Crippen molar-refractivity contribution in [1.82, 2.24) is 0 Å². The van der Waals surface area contributed by atoms with E-state index >= 15 is 0 Å². The molecule has 0 radical (unpaired) electrons. The second-order valence-corrected chi connectivity index (χ2v) is 6.72. The largest absolute Gasteiger partial charge is 0.376 e. The van der Waals surface area contributed by atoms with Crippen LogP contribution in [-0.4, -0.2) is 0 Å². The number of anilines is 1. The summed E-state index contributed by atoms with van der Waals surface area (Å²) in [4.78, 5) is 0. The first-order valence-electron chi connectivity index (χ1n) is 7.31. The lowest BCUT2D eigenvalue weighted by Crippen LogP contribution is -2.29. The lowest BCUT2D eigenvalue weighted by molar-refractivity contribution is 0.425. The molecule has 0 saturated heterocycles. The summed E-state index contributed by atoms with van der Waals surface area (Å²) in [6, 6.07) is 10.6. The molecular weight excluding hydrogens is 320 g/mol. The van der Waals surface area contributed by atoms with Crippen LogP contribution in [0, 0.1) is 11.7 Å². The van der Waals surface area contributed by atoms with Gasteiger partial charge in [-0.25, -0.2) is 4.39 Å². The Kier molecular flexibility index (Phi) is 3.39. The third-order valence-corrected chi connectivity index (χ3v) is 5.13. The number of allylic oxidation sites excluding steroid dienone is 2. The summed E-state index contributed by atoms with van der Waals surface area (Å²) >= 11 is 12.5. The first-order valence-corrected chi connectivity index (χ1v) is 8.06. The van der Waals surface area contributed by atoms with Gasteiger partial charge in [0.25, 0.3) is 0 Å². The van der Waals surface area contributed by atoms with E-state index in [0.717, 1.165) is 23.2 Å². The fourth-order valence-electron chi connectivity index (χ4n) is 3.62. The molecule has 1 aliphatic carbocycles. The lowest BCUT2D eigenvalue weighted by atomic mass is 9.77. The number of hydrogen-bond donors (Lipinski definition) is 1. The summed E-state index contributed by atoms with van der Waals surface area (Å²) in [5.74, 6) is 0.473. The molecule has 1 N–H and O–H groups in total. The Labute approximate surface area is 138 Å². The molecule has 1 nitrogen and oxygen atoms in total. The van der Waals surface area contributed by atoms with Gasteiger partial charge in [0.2, 0.25) is 0 Å². The van der Waals surface area contributed by atoms with Gasteiger partial charge in [0, 0.05) is 10.9 Å². The van der Waals surface area contributed by atoms with Crippen LogP contribution in [0.2, 0.25) is 10.0 Å². The Morgan fingerprint density at radius 3 is 2.64 bits per heavy atom. The Morgan fingerprint density at radius 2 is 1.86 bits per heavy atom. The van der Waals surface area contributed by atoms with Crippen LogP contribution in [0.1, 0.15) is 29.5 Å². The lowest BCUT2D eigenvalue weighted by Gasteiger charge is -2.38. The monoisotopic (exact) mass is 333 g/mol. The first-order chi connectivity index (χ1) is 10.6. The highest BCUT2D eigenvalue weighted by atomic mass is 35.5. The SMILES string of the molecule is Fc1ccc([C@H]2Nc3c(Cl)cc(Cl)cc3[C@H]3C=CC[C@@H]32)cc1. The van der Waals surface area contributed by atoms with E-state index in [9.17, 15) is 4.39 Å². The van der Waals surface area contributed by atoms with Crippen molar-refractivity contribution in [2.75, 3.05) is 5.32 Å². The van der Waals surface area contributed by atoms with Crippen LogP contribution in [0.15, 0.2) is 48.6 Å². The second kappa shape index (κ2) is 5.29. The summed E-state index contributed by atoms with van der Waals surface area (Å²) in [5.41, 5.74) is 3.17. The van der Waals surface area contributed by atoms with Crippen LogP contribution in [0.5, 0.6) is 0 Å². The number of benzene rings is 2. The molecule has 0 unspecified atom stereocenters. The minimum atomic E-state index is -0.217. The Hall–Kier alpha value is -1.51. The van der Waals surface area contributed by atoms with E-state index in [0.29, 0.717) is 21.9 Å². The van der Waals surface area contributed by atoms with Crippen LogP contribution in [0.4, 0.5) is 10.1 Å². The van der Waals surface area contributed by atoms with Crippen molar-refractivity contribution in [1.29, 1.82) is 0 Å². The predicted molar refractivity (Wildman–Crippen MR) is 89.2 cm³/mol. The van der Waals surface area contributed by atoms with Crippen molar-refractivity contribution in [3.63, 3.8) is 0 Å². The van der Waals surface area contributed by atoms with Crippen LogP contribution in [0.3, 0.4) is 0 Å². The minimum absolute atomic E-state index is 0.117. The Balaban J connectivity index is 1.82. The molecule has 2 aromatic rings. The van der Waals surface area contributed by atoms with E-state index in [2.05, 4.69) is 17.5 Å². The second-order valence-electron chi connectivity index (χ2n) is 5.88. The normalized spacial score (nSPS) is 25.5. The van der Waals surface area contributed by atoms with Crippen LogP contribution < -0.4 is 5.32 Å². The number of fused-ring (bicyclic) bond motifs is 3. The van der Waals surface area contributed by atoms with Crippen molar-refractivity contribution in [2.24, 2.45) is 5.92 Å². The maximum absolute atomic E-state index is 13.2. The molecule has 0 saturated carbocycles. The molecule has 1 aliphatic heterocycles. The average molecular weight is 334 g/mol. The molecule has 112 valence electrons. The molecule has 0 aromatic heterocycles. The highest BCUT2D eigenvalue weighted by molar-refractivity contribution is 6.36. The summed E-state index contributed by atoms with van der Waals surface area (Å²) in [6.45, 7) is 0. The molecule has 2 aliphatic rings. The van der Waals surface area contributed by atoms with Crippen LogP contribution in [-0.2, 0) is 0 Å². The number of hydrogen-bond acceptors (Lipinski definition) is 1. The highest BCUT2D eigenvalue weighted by Crippen LogP contribution is 2.52. The molecule has 0 fully saturated rings. The van der Waals surface area contributed by atoms with Gasteiger partial charge in [-0.2, -0.15) is 0 Å². The molecule has 3 atom stereocenters. The third kappa shape index (κ3) is 2.22. The summed E-state index contributed by atoms with van der Waals surface area (Å²) < 4.78 is 13.2.